The Bertz CT molecular complexity index is 1250. The van der Waals surface area contributed by atoms with Crippen LogP contribution >= 0.6 is 0 Å². The number of amides is 1. The zero-order valence-electron chi connectivity index (χ0n) is 19.8. The molecule has 0 saturated carbocycles. The predicted octanol–water partition coefficient (Wildman–Crippen LogP) is 3.84. The first kappa shape index (κ1) is 25.3. The zero-order valence-corrected chi connectivity index (χ0v) is 19.8. The number of aromatic nitrogens is 1. The SMILES string of the molecule is COc1cn(CC(=O)Nc2cccc(C(F)(F)F)c2)c(CN2CCN(c3ccccc3)CC2)cc1=O. The molecule has 190 valence electrons. The van der Waals surface area contributed by atoms with Crippen molar-refractivity contribution in [2.75, 3.05) is 43.5 Å². The van der Waals surface area contributed by atoms with Crippen molar-refractivity contribution in [1.82, 2.24) is 9.47 Å². The highest BCUT2D eigenvalue weighted by Crippen LogP contribution is 2.30. The molecule has 0 aliphatic carbocycles. The normalized spacial score (nSPS) is 14.5. The van der Waals surface area contributed by atoms with Crippen molar-refractivity contribution in [3.05, 3.63) is 88.3 Å². The number of nitrogens with one attached hydrogen (secondary N) is 1. The summed E-state index contributed by atoms with van der Waals surface area (Å²) in [7, 11) is 1.37. The highest BCUT2D eigenvalue weighted by atomic mass is 19.4. The van der Waals surface area contributed by atoms with E-state index in [0.717, 1.165) is 44.0 Å². The van der Waals surface area contributed by atoms with Crippen LogP contribution in [0.4, 0.5) is 24.5 Å². The summed E-state index contributed by atoms with van der Waals surface area (Å²) in [6.45, 7) is 3.43. The number of halogens is 3. The maximum absolute atomic E-state index is 13.0. The number of ether oxygens (including phenoxy) is 1. The molecule has 2 heterocycles. The lowest BCUT2D eigenvalue weighted by molar-refractivity contribution is -0.137. The smallest absolute Gasteiger partial charge is 0.416 e. The fraction of sp³-hybridized carbons (Fsp3) is 0.308. The maximum atomic E-state index is 13.0. The van der Waals surface area contributed by atoms with Crippen LogP contribution in [0.2, 0.25) is 0 Å². The number of hydrogen-bond acceptors (Lipinski definition) is 5. The van der Waals surface area contributed by atoms with Crippen LogP contribution in [0.5, 0.6) is 5.75 Å². The summed E-state index contributed by atoms with van der Waals surface area (Å²) in [6, 6.07) is 16.0. The Labute approximate surface area is 206 Å². The molecule has 1 aliphatic rings. The molecule has 1 N–H and O–H groups in total. The number of nitrogens with zero attached hydrogens (tertiary/aromatic N) is 3. The minimum Gasteiger partial charge on any atom is -0.491 e. The van der Waals surface area contributed by atoms with Crippen LogP contribution in [0.3, 0.4) is 0 Å². The molecule has 1 aliphatic heterocycles. The molecular formula is C26H27F3N4O3. The number of benzene rings is 2. The van der Waals surface area contributed by atoms with Gasteiger partial charge in [0.1, 0.15) is 6.54 Å². The van der Waals surface area contributed by atoms with Crippen LogP contribution in [-0.2, 0) is 24.1 Å². The molecular weight excluding hydrogens is 473 g/mol. The molecule has 1 amide bonds. The van der Waals surface area contributed by atoms with Gasteiger partial charge in [-0.15, -0.1) is 0 Å². The van der Waals surface area contributed by atoms with E-state index in [1.54, 1.807) is 4.57 Å². The van der Waals surface area contributed by atoms with Crippen molar-refractivity contribution in [2.24, 2.45) is 0 Å². The molecule has 10 heteroatoms. The number of anilines is 2. The van der Waals surface area contributed by atoms with Gasteiger partial charge in [0.2, 0.25) is 11.3 Å². The molecule has 4 rings (SSSR count). The average Bonchev–Trinajstić information content (AvgIpc) is 2.86. The Morgan fingerprint density at radius 1 is 1.00 bits per heavy atom. The van der Waals surface area contributed by atoms with Crippen LogP contribution in [-0.4, -0.2) is 48.7 Å². The van der Waals surface area contributed by atoms with Crippen molar-refractivity contribution in [3.63, 3.8) is 0 Å². The van der Waals surface area contributed by atoms with Gasteiger partial charge in [-0.3, -0.25) is 14.5 Å². The third-order valence-electron chi connectivity index (χ3n) is 6.07. The number of carbonyl (C=O) groups excluding carboxylic acids is 1. The van der Waals surface area contributed by atoms with Gasteiger partial charge in [0.05, 0.1) is 18.9 Å². The van der Waals surface area contributed by atoms with Crippen molar-refractivity contribution >= 4 is 17.3 Å². The van der Waals surface area contributed by atoms with Crippen molar-refractivity contribution in [2.45, 2.75) is 19.3 Å². The van der Waals surface area contributed by atoms with Crippen LogP contribution in [0.15, 0.2) is 71.7 Å². The van der Waals surface area contributed by atoms with Crippen LogP contribution in [0.1, 0.15) is 11.3 Å². The second kappa shape index (κ2) is 10.9. The van der Waals surface area contributed by atoms with Crippen LogP contribution in [0.25, 0.3) is 0 Å². The van der Waals surface area contributed by atoms with E-state index in [9.17, 15) is 22.8 Å². The lowest BCUT2D eigenvalue weighted by Crippen LogP contribution is -2.46. The summed E-state index contributed by atoms with van der Waals surface area (Å²) in [5.74, 6) is -0.435. The number of carbonyl (C=O) groups is 1. The Morgan fingerprint density at radius 2 is 1.72 bits per heavy atom. The van der Waals surface area contributed by atoms with Crippen molar-refractivity contribution < 1.29 is 22.7 Å². The van der Waals surface area contributed by atoms with Gasteiger partial charge in [-0.25, -0.2) is 0 Å². The van der Waals surface area contributed by atoms with E-state index in [2.05, 4.69) is 27.2 Å². The van der Waals surface area contributed by atoms with Gasteiger partial charge in [0.25, 0.3) is 0 Å². The second-order valence-electron chi connectivity index (χ2n) is 8.55. The Morgan fingerprint density at radius 3 is 2.39 bits per heavy atom. The van der Waals surface area contributed by atoms with Crippen LogP contribution in [0, 0.1) is 0 Å². The minimum atomic E-state index is -4.51. The van der Waals surface area contributed by atoms with E-state index in [1.807, 2.05) is 18.2 Å². The number of alkyl halides is 3. The average molecular weight is 501 g/mol. The Balaban J connectivity index is 1.46. The molecule has 1 fully saturated rings. The lowest BCUT2D eigenvalue weighted by Gasteiger charge is -2.36. The first-order valence-electron chi connectivity index (χ1n) is 11.5. The number of piperazine rings is 1. The number of pyridine rings is 1. The molecule has 0 atom stereocenters. The molecule has 36 heavy (non-hydrogen) atoms. The summed E-state index contributed by atoms with van der Waals surface area (Å²) in [5.41, 5.74) is 0.671. The summed E-state index contributed by atoms with van der Waals surface area (Å²) in [4.78, 5) is 29.6. The van der Waals surface area contributed by atoms with E-state index in [-0.39, 0.29) is 23.4 Å². The molecule has 0 radical (unpaired) electrons. The summed E-state index contributed by atoms with van der Waals surface area (Å²) in [5, 5.41) is 2.51. The Kier molecular flexibility index (Phi) is 7.64. The maximum Gasteiger partial charge on any atom is 0.416 e. The largest absolute Gasteiger partial charge is 0.491 e. The number of rotatable bonds is 7. The van der Waals surface area contributed by atoms with E-state index in [4.69, 9.17) is 4.74 Å². The molecule has 7 nitrogen and oxygen atoms in total. The van der Waals surface area contributed by atoms with Crippen molar-refractivity contribution in [3.8, 4) is 5.75 Å². The first-order chi connectivity index (χ1) is 17.2. The van der Waals surface area contributed by atoms with E-state index in [0.29, 0.717) is 12.2 Å². The molecule has 3 aromatic rings. The molecule has 0 unspecified atom stereocenters. The molecule has 1 aromatic heterocycles. The van der Waals surface area contributed by atoms with E-state index >= 15 is 0 Å². The highest BCUT2D eigenvalue weighted by Gasteiger charge is 2.30. The quantitative estimate of drug-likeness (QED) is 0.534. The molecule has 0 spiro atoms. The number of para-hydroxylation sites is 1. The molecule has 2 aromatic carbocycles. The summed E-state index contributed by atoms with van der Waals surface area (Å²) in [6.07, 6.45) is -3.05. The number of methoxy groups -OCH3 is 1. The minimum absolute atomic E-state index is 0.0430. The van der Waals surface area contributed by atoms with Crippen LogP contribution < -0.4 is 20.4 Å². The predicted molar refractivity (Wildman–Crippen MR) is 131 cm³/mol. The zero-order chi connectivity index (χ0) is 25.7. The van der Waals surface area contributed by atoms with Crippen molar-refractivity contribution in [1.29, 1.82) is 0 Å². The highest BCUT2D eigenvalue weighted by molar-refractivity contribution is 5.90. The van der Waals surface area contributed by atoms with Gasteiger partial charge in [-0.2, -0.15) is 13.2 Å². The standard InChI is InChI=1S/C26H27F3N4O3/c1-36-24-17-33(18-25(35)30-20-7-5-6-19(14-20)26(27,28)29)22(15-23(24)34)16-31-10-12-32(13-11-31)21-8-3-2-4-9-21/h2-9,14-15,17H,10-13,16,18H2,1H3,(H,30,35). The number of hydrogen-bond donors (Lipinski definition) is 1. The summed E-state index contributed by atoms with van der Waals surface area (Å²) >= 11 is 0. The van der Waals surface area contributed by atoms with Gasteiger partial charge in [0.15, 0.2) is 5.75 Å². The van der Waals surface area contributed by atoms with E-state index < -0.39 is 17.6 Å². The third-order valence-corrected chi connectivity index (χ3v) is 6.07. The van der Waals surface area contributed by atoms with Gasteiger partial charge >= 0.3 is 6.18 Å². The monoisotopic (exact) mass is 500 g/mol. The lowest BCUT2D eigenvalue weighted by atomic mass is 10.2. The summed E-state index contributed by atoms with van der Waals surface area (Å²) < 4.78 is 45.7. The topological polar surface area (TPSA) is 66.8 Å². The third kappa shape index (κ3) is 6.25. The van der Waals surface area contributed by atoms with Gasteiger partial charge in [0, 0.05) is 55.9 Å². The first-order valence-corrected chi connectivity index (χ1v) is 11.5. The molecule has 0 bridgehead atoms. The Hall–Kier alpha value is -3.79. The van der Waals surface area contributed by atoms with Gasteiger partial charge in [-0.05, 0) is 30.3 Å². The van der Waals surface area contributed by atoms with E-state index in [1.165, 1.54) is 31.5 Å². The van der Waals surface area contributed by atoms with Gasteiger partial charge in [-0.1, -0.05) is 24.3 Å². The fourth-order valence-corrected chi connectivity index (χ4v) is 4.19. The fourth-order valence-electron chi connectivity index (χ4n) is 4.19. The second-order valence-corrected chi connectivity index (χ2v) is 8.55. The molecule has 1 saturated heterocycles. The van der Waals surface area contributed by atoms with Gasteiger partial charge < -0.3 is 19.5 Å².